The Kier molecular flexibility index (Phi) is 5.47. The predicted molar refractivity (Wildman–Crippen MR) is 80.8 cm³/mol. The quantitative estimate of drug-likeness (QED) is 0.770. The van der Waals surface area contributed by atoms with Crippen LogP contribution in [-0.4, -0.2) is 28.6 Å². The number of alkyl halides is 3. The molecule has 2 heterocycles. The van der Waals surface area contributed by atoms with E-state index in [1.54, 1.807) is 23.3 Å². The van der Waals surface area contributed by atoms with Gasteiger partial charge in [-0.1, -0.05) is 17.8 Å². The summed E-state index contributed by atoms with van der Waals surface area (Å²) in [5.41, 5.74) is -0.794. The van der Waals surface area contributed by atoms with Gasteiger partial charge in [0.05, 0.1) is 22.9 Å². The van der Waals surface area contributed by atoms with E-state index in [-0.39, 0.29) is 11.7 Å². The Hall–Kier alpha value is -1.54. The standard InChI is InChI=1S/C14H13F3N2OS2/c1-19(8-11-3-2-6-21-11)13(20)9-22-12-5-4-10(7-18-12)14(15,16)17/h2-7H,8-9H2,1H3. The van der Waals surface area contributed by atoms with Crippen LogP contribution in [0.3, 0.4) is 0 Å². The summed E-state index contributed by atoms with van der Waals surface area (Å²) in [7, 11) is 1.70. The highest BCUT2D eigenvalue weighted by Gasteiger charge is 2.30. The normalized spacial score (nSPS) is 11.5. The first-order valence-electron chi connectivity index (χ1n) is 6.28. The first-order chi connectivity index (χ1) is 10.4. The van der Waals surface area contributed by atoms with Crippen LogP contribution in [0.1, 0.15) is 10.4 Å². The van der Waals surface area contributed by atoms with Crippen LogP contribution in [0.4, 0.5) is 13.2 Å². The summed E-state index contributed by atoms with van der Waals surface area (Å²) in [4.78, 5) is 18.4. The molecule has 22 heavy (non-hydrogen) atoms. The summed E-state index contributed by atoms with van der Waals surface area (Å²) in [6.45, 7) is 0.525. The highest BCUT2D eigenvalue weighted by Crippen LogP contribution is 2.29. The Morgan fingerprint density at radius 2 is 2.14 bits per heavy atom. The summed E-state index contributed by atoms with van der Waals surface area (Å²) >= 11 is 2.69. The van der Waals surface area contributed by atoms with Crippen LogP contribution >= 0.6 is 23.1 Å². The fraction of sp³-hybridized carbons (Fsp3) is 0.286. The van der Waals surface area contributed by atoms with Crippen molar-refractivity contribution in [3.63, 3.8) is 0 Å². The molecular formula is C14H13F3N2OS2. The van der Waals surface area contributed by atoms with Gasteiger partial charge in [0.2, 0.25) is 5.91 Å². The van der Waals surface area contributed by atoms with E-state index < -0.39 is 11.7 Å². The molecule has 0 N–H and O–H groups in total. The zero-order valence-electron chi connectivity index (χ0n) is 11.6. The van der Waals surface area contributed by atoms with E-state index in [4.69, 9.17) is 0 Å². The number of rotatable bonds is 5. The summed E-state index contributed by atoms with van der Waals surface area (Å²) in [5, 5.41) is 2.33. The van der Waals surface area contributed by atoms with Crippen molar-refractivity contribution in [2.24, 2.45) is 0 Å². The number of thioether (sulfide) groups is 1. The second-order valence-electron chi connectivity index (χ2n) is 4.50. The van der Waals surface area contributed by atoms with E-state index in [0.29, 0.717) is 11.6 Å². The fourth-order valence-electron chi connectivity index (χ4n) is 1.60. The molecule has 0 atom stereocenters. The number of nitrogens with zero attached hydrogens (tertiary/aromatic N) is 2. The highest BCUT2D eigenvalue weighted by molar-refractivity contribution is 7.99. The third-order valence-corrected chi connectivity index (χ3v) is 4.60. The summed E-state index contributed by atoms with van der Waals surface area (Å²) in [5.74, 6) is 0.0420. The van der Waals surface area contributed by atoms with Crippen LogP contribution in [0.5, 0.6) is 0 Å². The SMILES string of the molecule is CN(Cc1cccs1)C(=O)CSc1ccc(C(F)(F)F)cn1. The summed E-state index contributed by atoms with van der Waals surface area (Å²) in [6.07, 6.45) is -3.62. The van der Waals surface area contributed by atoms with E-state index in [0.717, 1.165) is 28.9 Å². The third-order valence-electron chi connectivity index (χ3n) is 2.81. The largest absolute Gasteiger partial charge is 0.417 e. The minimum absolute atomic E-state index is 0.0971. The minimum Gasteiger partial charge on any atom is -0.340 e. The molecule has 3 nitrogen and oxygen atoms in total. The van der Waals surface area contributed by atoms with Crippen LogP contribution in [0.15, 0.2) is 40.9 Å². The highest BCUT2D eigenvalue weighted by atomic mass is 32.2. The van der Waals surface area contributed by atoms with Gasteiger partial charge in [-0.3, -0.25) is 4.79 Å². The van der Waals surface area contributed by atoms with Gasteiger partial charge < -0.3 is 4.90 Å². The van der Waals surface area contributed by atoms with Gasteiger partial charge in [0.25, 0.3) is 0 Å². The van der Waals surface area contributed by atoms with E-state index >= 15 is 0 Å². The number of halogens is 3. The molecule has 0 aliphatic carbocycles. The summed E-state index contributed by atoms with van der Waals surface area (Å²) in [6, 6.07) is 6.10. The van der Waals surface area contributed by atoms with Crippen molar-refractivity contribution < 1.29 is 18.0 Å². The van der Waals surface area contributed by atoms with Gasteiger partial charge in [0.1, 0.15) is 0 Å². The van der Waals surface area contributed by atoms with Gasteiger partial charge in [-0.25, -0.2) is 4.98 Å². The number of carbonyl (C=O) groups is 1. The Balaban J connectivity index is 1.85. The molecule has 2 aromatic heterocycles. The van der Waals surface area contributed by atoms with Crippen molar-refractivity contribution in [1.82, 2.24) is 9.88 Å². The Labute approximate surface area is 134 Å². The van der Waals surface area contributed by atoms with E-state index in [9.17, 15) is 18.0 Å². The molecule has 2 aromatic rings. The maximum atomic E-state index is 12.4. The molecule has 2 rings (SSSR count). The van der Waals surface area contributed by atoms with Crippen LogP contribution in [0.2, 0.25) is 0 Å². The van der Waals surface area contributed by atoms with Crippen molar-refractivity contribution in [2.45, 2.75) is 17.7 Å². The molecule has 1 amide bonds. The molecule has 0 aromatic carbocycles. The maximum Gasteiger partial charge on any atom is 0.417 e. The van der Waals surface area contributed by atoms with E-state index in [1.807, 2.05) is 17.5 Å². The fourth-order valence-corrected chi connectivity index (χ4v) is 3.14. The van der Waals surface area contributed by atoms with Crippen molar-refractivity contribution >= 4 is 29.0 Å². The number of hydrogen-bond donors (Lipinski definition) is 0. The molecule has 0 bridgehead atoms. The summed E-state index contributed by atoms with van der Waals surface area (Å²) < 4.78 is 37.2. The molecule has 0 aliphatic heterocycles. The number of amides is 1. The number of pyridine rings is 1. The van der Waals surface area contributed by atoms with Gasteiger partial charge >= 0.3 is 6.18 Å². The van der Waals surface area contributed by atoms with Gasteiger partial charge in [0, 0.05) is 18.1 Å². The number of carbonyl (C=O) groups excluding carboxylic acids is 1. The zero-order valence-corrected chi connectivity index (χ0v) is 13.3. The van der Waals surface area contributed by atoms with Gasteiger partial charge in [-0.15, -0.1) is 11.3 Å². The van der Waals surface area contributed by atoms with Crippen LogP contribution < -0.4 is 0 Å². The molecule has 0 aliphatic rings. The lowest BCUT2D eigenvalue weighted by atomic mass is 10.3. The molecule has 0 saturated carbocycles. The first-order valence-corrected chi connectivity index (χ1v) is 8.15. The van der Waals surface area contributed by atoms with Gasteiger partial charge in [0.15, 0.2) is 0 Å². The average molecular weight is 346 g/mol. The molecular weight excluding hydrogens is 333 g/mol. The molecule has 0 unspecified atom stereocenters. The second-order valence-corrected chi connectivity index (χ2v) is 6.53. The molecule has 8 heteroatoms. The third kappa shape index (κ3) is 4.74. The minimum atomic E-state index is -4.40. The average Bonchev–Trinajstić information content (AvgIpc) is 2.97. The van der Waals surface area contributed by atoms with Crippen LogP contribution in [0, 0.1) is 0 Å². The molecule has 0 fully saturated rings. The lowest BCUT2D eigenvalue weighted by Crippen LogP contribution is -2.27. The molecule has 0 spiro atoms. The Morgan fingerprint density at radius 3 is 2.68 bits per heavy atom. The van der Waals surface area contributed by atoms with E-state index in [1.165, 1.54) is 6.07 Å². The first kappa shape index (κ1) is 16.8. The Bertz CT molecular complexity index is 612. The topological polar surface area (TPSA) is 33.2 Å². The van der Waals surface area contributed by atoms with Crippen molar-refractivity contribution in [3.05, 3.63) is 46.3 Å². The lowest BCUT2D eigenvalue weighted by Gasteiger charge is -2.15. The van der Waals surface area contributed by atoms with Crippen molar-refractivity contribution in [1.29, 1.82) is 0 Å². The number of aromatic nitrogens is 1. The van der Waals surface area contributed by atoms with Crippen molar-refractivity contribution in [3.8, 4) is 0 Å². The zero-order chi connectivity index (χ0) is 16.2. The van der Waals surface area contributed by atoms with Crippen LogP contribution in [-0.2, 0) is 17.5 Å². The van der Waals surface area contributed by atoms with Gasteiger partial charge in [-0.05, 0) is 23.6 Å². The second kappa shape index (κ2) is 7.15. The smallest absolute Gasteiger partial charge is 0.340 e. The Morgan fingerprint density at radius 1 is 1.36 bits per heavy atom. The van der Waals surface area contributed by atoms with Crippen LogP contribution in [0.25, 0.3) is 0 Å². The van der Waals surface area contributed by atoms with Crippen molar-refractivity contribution in [2.75, 3.05) is 12.8 Å². The number of hydrogen-bond acceptors (Lipinski definition) is 4. The lowest BCUT2D eigenvalue weighted by molar-refractivity contribution is -0.138. The monoisotopic (exact) mass is 346 g/mol. The maximum absolute atomic E-state index is 12.4. The van der Waals surface area contributed by atoms with Gasteiger partial charge in [-0.2, -0.15) is 13.2 Å². The molecule has 0 saturated heterocycles. The molecule has 118 valence electrons. The number of thiophene rings is 1. The molecule has 0 radical (unpaired) electrons. The van der Waals surface area contributed by atoms with E-state index in [2.05, 4.69) is 4.98 Å². The predicted octanol–water partition coefficient (Wildman–Crippen LogP) is 3.91.